The Labute approximate surface area is 147 Å². The van der Waals surface area contributed by atoms with E-state index >= 15 is 0 Å². The lowest BCUT2D eigenvalue weighted by molar-refractivity contribution is -0.384. The minimum atomic E-state index is -0.690. The standard InChI is InChI=1S/C19H23N3O3/c1-4-13-5-7-14(8-6-13)18(12(2)3)21-16-10-9-15(19(20)23)11-17(16)22(24)25/h5-12,18,21H,4H2,1-3H3,(H2,20,23)/t18-/m1/s1. The Kier molecular flexibility index (Phi) is 5.75. The second-order valence-electron chi connectivity index (χ2n) is 6.31. The van der Waals surface area contributed by atoms with E-state index in [-0.39, 0.29) is 23.2 Å². The van der Waals surface area contributed by atoms with Crippen molar-refractivity contribution < 1.29 is 9.72 Å². The number of nitro groups is 1. The van der Waals surface area contributed by atoms with Gasteiger partial charge in [-0.2, -0.15) is 0 Å². The summed E-state index contributed by atoms with van der Waals surface area (Å²) in [5.74, 6) is -0.479. The van der Waals surface area contributed by atoms with Crippen molar-refractivity contribution in [3.8, 4) is 0 Å². The molecule has 0 heterocycles. The van der Waals surface area contributed by atoms with Crippen molar-refractivity contribution in [3.63, 3.8) is 0 Å². The molecule has 1 amide bonds. The highest BCUT2D eigenvalue weighted by Crippen LogP contribution is 2.32. The summed E-state index contributed by atoms with van der Waals surface area (Å²) in [4.78, 5) is 22.2. The first-order valence-corrected chi connectivity index (χ1v) is 8.27. The fraction of sp³-hybridized carbons (Fsp3) is 0.316. The Hall–Kier alpha value is -2.89. The molecule has 0 bridgehead atoms. The number of primary amides is 1. The molecule has 0 aromatic heterocycles. The zero-order valence-corrected chi connectivity index (χ0v) is 14.7. The van der Waals surface area contributed by atoms with E-state index in [4.69, 9.17) is 5.73 Å². The zero-order chi connectivity index (χ0) is 18.6. The van der Waals surface area contributed by atoms with Crippen LogP contribution in [0, 0.1) is 16.0 Å². The van der Waals surface area contributed by atoms with Crippen LogP contribution in [0.3, 0.4) is 0 Å². The Bertz CT molecular complexity index is 770. The van der Waals surface area contributed by atoms with Crippen molar-refractivity contribution in [2.24, 2.45) is 11.7 Å². The van der Waals surface area contributed by atoms with E-state index in [1.807, 2.05) is 12.1 Å². The maximum atomic E-state index is 11.4. The number of carbonyl (C=O) groups is 1. The maximum Gasteiger partial charge on any atom is 0.293 e. The van der Waals surface area contributed by atoms with E-state index in [0.29, 0.717) is 5.69 Å². The maximum absolute atomic E-state index is 11.4. The van der Waals surface area contributed by atoms with Crippen LogP contribution >= 0.6 is 0 Å². The lowest BCUT2D eigenvalue weighted by atomic mass is 9.94. The number of aryl methyl sites for hydroxylation is 1. The van der Waals surface area contributed by atoms with E-state index in [0.717, 1.165) is 12.0 Å². The minimum absolute atomic E-state index is 0.0935. The summed E-state index contributed by atoms with van der Waals surface area (Å²) in [6.07, 6.45) is 0.958. The molecule has 1 atom stereocenters. The number of hydrogen-bond acceptors (Lipinski definition) is 4. The Balaban J connectivity index is 2.38. The van der Waals surface area contributed by atoms with Gasteiger partial charge in [0.25, 0.3) is 5.69 Å². The average molecular weight is 341 g/mol. The number of nitrogens with one attached hydrogen (secondary N) is 1. The molecule has 0 saturated heterocycles. The van der Waals surface area contributed by atoms with Gasteiger partial charge in [-0.15, -0.1) is 0 Å². The first kappa shape index (κ1) is 18.4. The van der Waals surface area contributed by atoms with Crippen molar-refractivity contribution in [2.75, 3.05) is 5.32 Å². The molecule has 0 aliphatic rings. The molecule has 3 N–H and O–H groups in total. The van der Waals surface area contributed by atoms with Crippen LogP contribution in [0.5, 0.6) is 0 Å². The van der Waals surface area contributed by atoms with Gasteiger partial charge in [0.15, 0.2) is 0 Å². The highest BCUT2D eigenvalue weighted by atomic mass is 16.6. The van der Waals surface area contributed by atoms with E-state index in [2.05, 4.69) is 38.2 Å². The number of rotatable bonds is 7. The van der Waals surface area contributed by atoms with Crippen LogP contribution < -0.4 is 11.1 Å². The quantitative estimate of drug-likeness (QED) is 0.586. The molecule has 0 unspecified atom stereocenters. The van der Waals surface area contributed by atoms with Gasteiger partial charge < -0.3 is 11.1 Å². The number of nitrogens with two attached hydrogens (primary N) is 1. The van der Waals surface area contributed by atoms with E-state index in [9.17, 15) is 14.9 Å². The Morgan fingerprint density at radius 3 is 2.32 bits per heavy atom. The van der Waals surface area contributed by atoms with Crippen LogP contribution in [-0.4, -0.2) is 10.8 Å². The lowest BCUT2D eigenvalue weighted by Gasteiger charge is -2.24. The third-order valence-corrected chi connectivity index (χ3v) is 4.20. The number of nitro benzene ring substituents is 1. The molecule has 0 radical (unpaired) electrons. The summed E-state index contributed by atoms with van der Waals surface area (Å²) >= 11 is 0. The summed E-state index contributed by atoms with van der Waals surface area (Å²) in [7, 11) is 0. The monoisotopic (exact) mass is 341 g/mol. The summed E-state index contributed by atoms with van der Waals surface area (Å²) < 4.78 is 0. The molecule has 2 rings (SSSR count). The van der Waals surface area contributed by atoms with Gasteiger partial charge in [-0.3, -0.25) is 14.9 Å². The van der Waals surface area contributed by atoms with Gasteiger partial charge in [-0.05, 0) is 35.6 Å². The summed E-state index contributed by atoms with van der Waals surface area (Å²) in [6.45, 7) is 6.20. The number of anilines is 1. The molecule has 132 valence electrons. The predicted octanol–water partition coefficient (Wildman–Crippen LogP) is 4.07. The third kappa shape index (κ3) is 4.35. The van der Waals surface area contributed by atoms with E-state index < -0.39 is 10.8 Å². The smallest absolute Gasteiger partial charge is 0.293 e. The molecule has 25 heavy (non-hydrogen) atoms. The topological polar surface area (TPSA) is 98.3 Å². The molecule has 0 saturated carbocycles. The fourth-order valence-corrected chi connectivity index (χ4v) is 2.72. The Morgan fingerprint density at radius 2 is 1.84 bits per heavy atom. The number of carbonyl (C=O) groups excluding carboxylic acids is 1. The first-order chi connectivity index (χ1) is 11.8. The number of benzene rings is 2. The molecule has 0 fully saturated rings. The van der Waals surface area contributed by atoms with E-state index in [1.165, 1.54) is 23.8 Å². The van der Waals surface area contributed by atoms with Gasteiger partial charge in [-0.1, -0.05) is 45.0 Å². The van der Waals surface area contributed by atoms with E-state index in [1.54, 1.807) is 0 Å². The number of hydrogen-bond donors (Lipinski definition) is 2. The average Bonchev–Trinajstić information content (AvgIpc) is 2.59. The van der Waals surface area contributed by atoms with Crippen LogP contribution in [0.4, 0.5) is 11.4 Å². The van der Waals surface area contributed by atoms with Crippen LogP contribution in [0.1, 0.15) is 48.3 Å². The van der Waals surface area contributed by atoms with Crippen LogP contribution in [0.15, 0.2) is 42.5 Å². The van der Waals surface area contributed by atoms with Crippen molar-refractivity contribution >= 4 is 17.3 Å². The number of nitrogens with zero attached hydrogens (tertiary/aromatic N) is 1. The molecule has 0 aliphatic heterocycles. The summed E-state index contributed by atoms with van der Waals surface area (Å²) in [5, 5.41) is 14.6. The van der Waals surface area contributed by atoms with Gasteiger partial charge in [0.05, 0.1) is 11.0 Å². The van der Waals surface area contributed by atoms with Gasteiger partial charge in [-0.25, -0.2) is 0 Å². The molecule has 2 aromatic carbocycles. The highest BCUT2D eigenvalue weighted by molar-refractivity contribution is 5.94. The first-order valence-electron chi connectivity index (χ1n) is 8.27. The van der Waals surface area contributed by atoms with Gasteiger partial charge >= 0.3 is 0 Å². The third-order valence-electron chi connectivity index (χ3n) is 4.20. The summed E-state index contributed by atoms with van der Waals surface area (Å²) in [5.41, 5.74) is 7.84. The SMILES string of the molecule is CCc1ccc([C@H](Nc2ccc(C(N)=O)cc2[N+](=O)[O-])C(C)C)cc1. The summed E-state index contributed by atoms with van der Waals surface area (Å²) in [6, 6.07) is 12.4. The normalized spacial score (nSPS) is 12.0. The predicted molar refractivity (Wildman–Crippen MR) is 98.6 cm³/mol. The van der Waals surface area contributed by atoms with Crippen LogP contribution in [0.25, 0.3) is 0 Å². The zero-order valence-electron chi connectivity index (χ0n) is 14.7. The van der Waals surface area contributed by atoms with Crippen molar-refractivity contribution in [3.05, 3.63) is 69.3 Å². The second kappa shape index (κ2) is 7.79. The van der Waals surface area contributed by atoms with Gasteiger partial charge in [0.1, 0.15) is 5.69 Å². The molecular weight excluding hydrogens is 318 g/mol. The second-order valence-corrected chi connectivity index (χ2v) is 6.31. The van der Waals surface area contributed by atoms with Gasteiger partial charge in [0, 0.05) is 11.6 Å². The van der Waals surface area contributed by atoms with Crippen LogP contribution in [0.2, 0.25) is 0 Å². The lowest BCUT2D eigenvalue weighted by Crippen LogP contribution is -2.18. The van der Waals surface area contributed by atoms with Crippen molar-refractivity contribution in [1.29, 1.82) is 0 Å². The molecule has 6 nitrogen and oxygen atoms in total. The Morgan fingerprint density at radius 1 is 1.20 bits per heavy atom. The van der Waals surface area contributed by atoms with Crippen molar-refractivity contribution in [2.45, 2.75) is 33.2 Å². The molecule has 0 aliphatic carbocycles. The highest BCUT2D eigenvalue weighted by Gasteiger charge is 2.22. The molecular formula is C19H23N3O3. The molecule has 2 aromatic rings. The minimum Gasteiger partial charge on any atom is -0.372 e. The number of amides is 1. The van der Waals surface area contributed by atoms with Crippen molar-refractivity contribution in [1.82, 2.24) is 0 Å². The fourth-order valence-electron chi connectivity index (χ4n) is 2.72. The molecule has 0 spiro atoms. The largest absolute Gasteiger partial charge is 0.372 e. The van der Waals surface area contributed by atoms with Gasteiger partial charge in [0.2, 0.25) is 5.91 Å². The molecule has 6 heteroatoms. The van der Waals surface area contributed by atoms with Crippen LogP contribution in [-0.2, 0) is 6.42 Å².